The quantitative estimate of drug-likeness (QED) is 0.474. The maximum atomic E-state index is 11.2. The Morgan fingerprint density at radius 1 is 1.50 bits per heavy atom. The first-order valence-electron chi connectivity index (χ1n) is 5.16. The second kappa shape index (κ2) is 6.34. The second-order valence-electron chi connectivity index (χ2n) is 3.70. The summed E-state index contributed by atoms with van der Waals surface area (Å²) in [6, 6.07) is 4.32. The summed E-state index contributed by atoms with van der Waals surface area (Å²) in [5, 5.41) is 10.8. The van der Waals surface area contributed by atoms with Crippen LogP contribution in [0.1, 0.15) is 13.8 Å². The van der Waals surface area contributed by atoms with E-state index in [0.29, 0.717) is 4.47 Å². The Balaban J connectivity index is 2.73. The molecule has 0 bridgehead atoms. The minimum Gasteiger partial charge on any atom is -0.475 e. The molecule has 0 spiro atoms. The third-order valence-electron chi connectivity index (χ3n) is 1.83. The Hall–Kier alpha value is -1.63. The summed E-state index contributed by atoms with van der Waals surface area (Å²) in [5.41, 5.74) is -0.207. The molecule has 0 unspecified atom stereocenters. The molecule has 0 aliphatic carbocycles. The van der Waals surface area contributed by atoms with Crippen molar-refractivity contribution in [3.8, 4) is 5.75 Å². The second-order valence-corrected chi connectivity index (χ2v) is 4.61. The number of nitro groups is 1. The topological polar surface area (TPSA) is 78.7 Å². The number of benzene rings is 1. The first-order chi connectivity index (χ1) is 8.40. The molecule has 0 amide bonds. The number of nitrogens with zero attached hydrogens (tertiary/aromatic N) is 1. The molecule has 0 atom stereocenters. The standard InChI is InChI=1S/C11H12BrNO5/c1-7(2)18-11(14)6-17-10-4-3-8(12)5-9(10)13(15)16/h3-5,7H,6H2,1-2H3. The minimum atomic E-state index is -0.576. The van der Waals surface area contributed by atoms with Crippen LogP contribution in [0.15, 0.2) is 22.7 Å². The minimum absolute atomic E-state index is 0.0314. The van der Waals surface area contributed by atoms with Crippen LogP contribution < -0.4 is 4.74 Å². The summed E-state index contributed by atoms with van der Waals surface area (Å²) in [6.45, 7) is 3.06. The summed E-state index contributed by atoms with van der Waals surface area (Å²) >= 11 is 3.13. The molecule has 0 saturated heterocycles. The van der Waals surface area contributed by atoms with Crippen LogP contribution in [-0.2, 0) is 9.53 Å². The molecular formula is C11H12BrNO5. The van der Waals surface area contributed by atoms with Gasteiger partial charge < -0.3 is 9.47 Å². The van der Waals surface area contributed by atoms with Crippen molar-refractivity contribution in [3.63, 3.8) is 0 Å². The van der Waals surface area contributed by atoms with E-state index in [-0.39, 0.29) is 24.1 Å². The van der Waals surface area contributed by atoms with Gasteiger partial charge in [-0.15, -0.1) is 0 Å². The van der Waals surface area contributed by atoms with Gasteiger partial charge in [-0.25, -0.2) is 4.79 Å². The van der Waals surface area contributed by atoms with Crippen molar-refractivity contribution >= 4 is 27.6 Å². The molecule has 1 aromatic carbocycles. The van der Waals surface area contributed by atoms with E-state index < -0.39 is 10.9 Å². The fourth-order valence-corrected chi connectivity index (χ4v) is 1.54. The molecule has 0 heterocycles. The predicted octanol–water partition coefficient (Wildman–Crippen LogP) is 2.69. The average Bonchev–Trinajstić information content (AvgIpc) is 2.26. The molecule has 7 heteroatoms. The Kier molecular flexibility index (Phi) is 5.08. The van der Waals surface area contributed by atoms with Crippen LogP contribution >= 0.6 is 15.9 Å². The predicted molar refractivity (Wildman–Crippen MR) is 67.5 cm³/mol. The monoisotopic (exact) mass is 317 g/mol. The van der Waals surface area contributed by atoms with Crippen LogP contribution in [0.5, 0.6) is 5.75 Å². The summed E-state index contributed by atoms with van der Waals surface area (Å²) in [4.78, 5) is 21.5. The maximum Gasteiger partial charge on any atom is 0.344 e. The fourth-order valence-electron chi connectivity index (χ4n) is 1.19. The summed E-state index contributed by atoms with van der Waals surface area (Å²) in [6.07, 6.45) is -0.249. The van der Waals surface area contributed by atoms with Crippen LogP contribution in [0, 0.1) is 10.1 Å². The van der Waals surface area contributed by atoms with Gasteiger partial charge in [-0.3, -0.25) is 10.1 Å². The number of carbonyl (C=O) groups excluding carboxylic acids is 1. The summed E-state index contributed by atoms with van der Waals surface area (Å²) in [7, 11) is 0. The fraction of sp³-hybridized carbons (Fsp3) is 0.364. The van der Waals surface area contributed by atoms with E-state index in [1.807, 2.05) is 0 Å². The lowest BCUT2D eigenvalue weighted by Gasteiger charge is -2.09. The maximum absolute atomic E-state index is 11.2. The highest BCUT2D eigenvalue weighted by atomic mass is 79.9. The van der Waals surface area contributed by atoms with Crippen molar-refractivity contribution in [3.05, 3.63) is 32.8 Å². The summed E-state index contributed by atoms with van der Waals surface area (Å²) in [5.74, 6) is -0.536. The van der Waals surface area contributed by atoms with E-state index in [4.69, 9.17) is 9.47 Å². The number of halogens is 1. The molecule has 0 fully saturated rings. The highest BCUT2D eigenvalue weighted by molar-refractivity contribution is 9.10. The third kappa shape index (κ3) is 4.33. The molecule has 0 aromatic heterocycles. The van der Waals surface area contributed by atoms with E-state index in [1.165, 1.54) is 12.1 Å². The molecule has 0 aliphatic rings. The smallest absolute Gasteiger partial charge is 0.344 e. The van der Waals surface area contributed by atoms with Crippen molar-refractivity contribution < 1.29 is 19.2 Å². The Labute approximate surface area is 112 Å². The van der Waals surface area contributed by atoms with E-state index in [9.17, 15) is 14.9 Å². The number of esters is 1. The lowest BCUT2D eigenvalue weighted by atomic mass is 10.3. The van der Waals surface area contributed by atoms with E-state index in [1.54, 1.807) is 19.9 Å². The summed E-state index contributed by atoms with van der Waals surface area (Å²) < 4.78 is 10.5. The lowest BCUT2D eigenvalue weighted by Crippen LogP contribution is -2.19. The van der Waals surface area contributed by atoms with Gasteiger partial charge in [-0.2, -0.15) is 0 Å². The first-order valence-corrected chi connectivity index (χ1v) is 5.95. The molecule has 98 valence electrons. The highest BCUT2D eigenvalue weighted by Gasteiger charge is 2.17. The molecular weight excluding hydrogens is 306 g/mol. The van der Waals surface area contributed by atoms with Gasteiger partial charge in [0.25, 0.3) is 0 Å². The van der Waals surface area contributed by atoms with Crippen molar-refractivity contribution in [2.75, 3.05) is 6.61 Å². The number of rotatable bonds is 5. The Bertz CT molecular complexity index is 461. The van der Waals surface area contributed by atoms with E-state index in [2.05, 4.69) is 15.9 Å². The van der Waals surface area contributed by atoms with Crippen LogP contribution in [0.2, 0.25) is 0 Å². The molecule has 1 rings (SSSR count). The molecule has 0 aliphatic heterocycles. The van der Waals surface area contributed by atoms with Gasteiger partial charge >= 0.3 is 11.7 Å². The van der Waals surface area contributed by atoms with Gasteiger partial charge in [0.1, 0.15) is 0 Å². The van der Waals surface area contributed by atoms with Crippen LogP contribution in [0.3, 0.4) is 0 Å². The Morgan fingerprint density at radius 3 is 2.72 bits per heavy atom. The van der Waals surface area contributed by atoms with Crippen LogP contribution in [0.25, 0.3) is 0 Å². The highest BCUT2D eigenvalue weighted by Crippen LogP contribution is 2.29. The molecule has 0 saturated carbocycles. The molecule has 6 nitrogen and oxygen atoms in total. The van der Waals surface area contributed by atoms with Crippen molar-refractivity contribution in [2.24, 2.45) is 0 Å². The van der Waals surface area contributed by atoms with Crippen molar-refractivity contribution in [1.29, 1.82) is 0 Å². The molecule has 0 radical (unpaired) electrons. The molecule has 0 N–H and O–H groups in total. The van der Waals surface area contributed by atoms with Gasteiger partial charge in [0.2, 0.25) is 0 Å². The number of carbonyl (C=O) groups is 1. The normalized spacial score (nSPS) is 10.2. The first kappa shape index (κ1) is 14.4. The van der Waals surface area contributed by atoms with Gasteiger partial charge in [0.15, 0.2) is 12.4 Å². The number of hydrogen-bond acceptors (Lipinski definition) is 5. The van der Waals surface area contributed by atoms with Gasteiger partial charge in [0, 0.05) is 10.5 Å². The van der Waals surface area contributed by atoms with Gasteiger partial charge in [0.05, 0.1) is 11.0 Å². The zero-order chi connectivity index (χ0) is 13.7. The van der Waals surface area contributed by atoms with Gasteiger partial charge in [-0.05, 0) is 26.0 Å². The van der Waals surface area contributed by atoms with Gasteiger partial charge in [-0.1, -0.05) is 15.9 Å². The number of nitro benzene ring substituents is 1. The molecule has 1 aromatic rings. The van der Waals surface area contributed by atoms with Crippen LogP contribution in [0.4, 0.5) is 5.69 Å². The van der Waals surface area contributed by atoms with Crippen molar-refractivity contribution in [2.45, 2.75) is 20.0 Å². The number of hydrogen-bond donors (Lipinski definition) is 0. The molecule has 18 heavy (non-hydrogen) atoms. The number of ether oxygens (including phenoxy) is 2. The third-order valence-corrected chi connectivity index (χ3v) is 2.32. The lowest BCUT2D eigenvalue weighted by molar-refractivity contribution is -0.385. The zero-order valence-electron chi connectivity index (χ0n) is 9.88. The van der Waals surface area contributed by atoms with E-state index in [0.717, 1.165) is 0 Å². The zero-order valence-corrected chi connectivity index (χ0v) is 11.5. The Morgan fingerprint density at radius 2 is 2.17 bits per heavy atom. The van der Waals surface area contributed by atoms with Crippen molar-refractivity contribution in [1.82, 2.24) is 0 Å². The average molecular weight is 318 g/mol. The SMILES string of the molecule is CC(C)OC(=O)COc1ccc(Br)cc1[N+](=O)[O-]. The van der Waals surface area contributed by atoms with E-state index >= 15 is 0 Å². The van der Waals surface area contributed by atoms with Crippen LogP contribution in [-0.4, -0.2) is 23.6 Å². The largest absolute Gasteiger partial charge is 0.475 e.